The smallest absolute Gasteiger partial charge is 0.287 e. The minimum atomic E-state index is -0.117. The van der Waals surface area contributed by atoms with Crippen LogP contribution in [0.25, 0.3) is 0 Å². The normalized spacial score (nSPS) is 21.0. The Labute approximate surface area is 136 Å². The number of likely N-dealkylation sites (tertiary alicyclic amines) is 1. The molecule has 0 radical (unpaired) electrons. The van der Waals surface area contributed by atoms with Crippen molar-refractivity contribution in [3.63, 3.8) is 0 Å². The Balaban J connectivity index is 1.64. The van der Waals surface area contributed by atoms with E-state index in [1.807, 2.05) is 9.47 Å². The van der Waals surface area contributed by atoms with Gasteiger partial charge in [0.25, 0.3) is 11.8 Å². The number of nitrogens with zero attached hydrogens (tertiary/aromatic N) is 3. The van der Waals surface area contributed by atoms with Crippen LogP contribution < -0.4 is 5.32 Å². The van der Waals surface area contributed by atoms with Gasteiger partial charge in [-0.3, -0.25) is 9.59 Å². The number of fused-ring (bicyclic) bond motifs is 1. The van der Waals surface area contributed by atoms with Gasteiger partial charge in [-0.2, -0.15) is 0 Å². The predicted octanol–water partition coefficient (Wildman–Crippen LogP) is 1.74. The number of amides is 2. The summed E-state index contributed by atoms with van der Waals surface area (Å²) in [6.45, 7) is 2.42. The van der Waals surface area contributed by atoms with E-state index < -0.39 is 0 Å². The molecule has 0 bridgehead atoms. The zero-order chi connectivity index (χ0) is 15.8. The molecular formula is C17H24N4O2. The molecule has 0 unspecified atom stereocenters. The number of hydrogen-bond donors (Lipinski definition) is 1. The van der Waals surface area contributed by atoms with Gasteiger partial charge in [-0.05, 0) is 51.4 Å². The summed E-state index contributed by atoms with van der Waals surface area (Å²) in [4.78, 5) is 31.7. The fourth-order valence-electron chi connectivity index (χ4n) is 3.61. The summed E-state index contributed by atoms with van der Waals surface area (Å²) < 4.78 is 1.98. The van der Waals surface area contributed by atoms with Crippen LogP contribution in [0.15, 0.2) is 0 Å². The van der Waals surface area contributed by atoms with Gasteiger partial charge in [0.05, 0.1) is 5.69 Å². The summed E-state index contributed by atoms with van der Waals surface area (Å²) >= 11 is 0. The van der Waals surface area contributed by atoms with E-state index in [9.17, 15) is 9.59 Å². The highest BCUT2D eigenvalue weighted by molar-refractivity contribution is 5.97. The van der Waals surface area contributed by atoms with Crippen LogP contribution in [-0.4, -0.2) is 45.4 Å². The summed E-state index contributed by atoms with van der Waals surface area (Å²) in [5.41, 5.74) is 1.49. The number of carbonyl (C=O) groups is 2. The maximum Gasteiger partial charge on any atom is 0.287 e. The third kappa shape index (κ3) is 2.86. The zero-order valence-corrected chi connectivity index (χ0v) is 13.5. The Bertz CT molecular complexity index is 627. The average molecular weight is 316 g/mol. The Morgan fingerprint density at radius 3 is 2.48 bits per heavy atom. The van der Waals surface area contributed by atoms with Crippen LogP contribution in [0.2, 0.25) is 0 Å². The van der Waals surface area contributed by atoms with Crippen molar-refractivity contribution >= 4 is 11.8 Å². The van der Waals surface area contributed by atoms with Crippen molar-refractivity contribution in [3.8, 4) is 0 Å². The molecule has 0 atom stereocenters. The highest BCUT2D eigenvalue weighted by Crippen LogP contribution is 2.25. The van der Waals surface area contributed by atoms with Crippen molar-refractivity contribution in [1.82, 2.24) is 19.8 Å². The van der Waals surface area contributed by atoms with E-state index in [-0.39, 0.29) is 11.8 Å². The first-order valence-corrected chi connectivity index (χ1v) is 8.93. The van der Waals surface area contributed by atoms with E-state index >= 15 is 0 Å². The third-order valence-corrected chi connectivity index (χ3v) is 5.08. The van der Waals surface area contributed by atoms with E-state index in [0.29, 0.717) is 17.6 Å². The van der Waals surface area contributed by atoms with Crippen molar-refractivity contribution < 1.29 is 9.59 Å². The average Bonchev–Trinajstić information content (AvgIpc) is 3.32. The van der Waals surface area contributed by atoms with E-state index in [1.54, 1.807) is 0 Å². The highest BCUT2D eigenvalue weighted by Gasteiger charge is 2.32. The molecule has 1 saturated heterocycles. The topological polar surface area (TPSA) is 67.2 Å². The fraction of sp³-hybridized carbons (Fsp3) is 0.706. The first-order valence-electron chi connectivity index (χ1n) is 8.93. The number of hydrogen-bond acceptors (Lipinski definition) is 3. The summed E-state index contributed by atoms with van der Waals surface area (Å²) in [6, 6.07) is 0.306. The first-order chi connectivity index (χ1) is 11.2. The number of imidazole rings is 1. The molecule has 1 aromatic heterocycles. The van der Waals surface area contributed by atoms with Gasteiger partial charge < -0.3 is 14.8 Å². The van der Waals surface area contributed by atoms with Crippen LogP contribution in [0.3, 0.4) is 0 Å². The second-order valence-corrected chi connectivity index (χ2v) is 6.94. The largest absolute Gasteiger partial charge is 0.347 e. The first kappa shape index (κ1) is 14.7. The van der Waals surface area contributed by atoms with E-state index in [4.69, 9.17) is 0 Å². The maximum atomic E-state index is 12.9. The Morgan fingerprint density at radius 2 is 1.74 bits per heavy atom. The number of aromatic nitrogens is 2. The van der Waals surface area contributed by atoms with Gasteiger partial charge in [0.1, 0.15) is 5.69 Å². The third-order valence-electron chi connectivity index (χ3n) is 5.08. The molecule has 1 N–H and O–H groups in total. The molecule has 3 aliphatic rings. The van der Waals surface area contributed by atoms with Gasteiger partial charge in [0.15, 0.2) is 5.82 Å². The second-order valence-electron chi connectivity index (χ2n) is 6.94. The van der Waals surface area contributed by atoms with Crippen molar-refractivity contribution in [3.05, 3.63) is 17.2 Å². The quantitative estimate of drug-likeness (QED) is 0.923. The number of rotatable bonds is 3. The standard InChI is InChI=1S/C17H24N4O2/c22-16(18-12-7-8-12)15-19-14(13-6-2-5-11-21(13)15)17(23)20-9-3-1-4-10-20/h12H,1-11H2,(H,18,22). The summed E-state index contributed by atoms with van der Waals surface area (Å²) in [6.07, 6.45) is 8.39. The van der Waals surface area contributed by atoms with E-state index in [0.717, 1.165) is 70.3 Å². The molecular weight excluding hydrogens is 292 g/mol. The van der Waals surface area contributed by atoms with Gasteiger partial charge in [-0.25, -0.2) is 4.98 Å². The predicted molar refractivity (Wildman–Crippen MR) is 85.4 cm³/mol. The van der Waals surface area contributed by atoms with Gasteiger partial charge in [0, 0.05) is 25.7 Å². The van der Waals surface area contributed by atoms with Gasteiger partial charge in [-0.15, -0.1) is 0 Å². The lowest BCUT2D eigenvalue weighted by atomic mass is 10.1. The van der Waals surface area contributed by atoms with Gasteiger partial charge in [-0.1, -0.05) is 0 Å². The highest BCUT2D eigenvalue weighted by atomic mass is 16.2. The van der Waals surface area contributed by atoms with Crippen LogP contribution in [0.1, 0.15) is 71.7 Å². The molecule has 1 saturated carbocycles. The summed E-state index contributed by atoms with van der Waals surface area (Å²) in [5, 5.41) is 3.00. The number of carbonyl (C=O) groups excluding carboxylic acids is 2. The SMILES string of the molecule is O=C(NC1CC1)c1nc(C(=O)N2CCCCC2)c2n1CCCC2. The Morgan fingerprint density at radius 1 is 1.00 bits per heavy atom. The fourth-order valence-corrected chi connectivity index (χ4v) is 3.61. The van der Waals surface area contributed by atoms with Crippen LogP contribution >= 0.6 is 0 Å². The maximum absolute atomic E-state index is 12.9. The molecule has 1 aliphatic carbocycles. The summed E-state index contributed by atoms with van der Waals surface area (Å²) in [7, 11) is 0. The minimum absolute atomic E-state index is 0.0146. The van der Waals surface area contributed by atoms with Crippen molar-refractivity contribution in [2.24, 2.45) is 0 Å². The molecule has 6 nitrogen and oxygen atoms in total. The molecule has 0 aromatic carbocycles. The van der Waals surface area contributed by atoms with Crippen molar-refractivity contribution in [2.45, 2.75) is 64.0 Å². The molecule has 4 rings (SSSR count). The molecule has 0 spiro atoms. The van der Waals surface area contributed by atoms with Crippen LogP contribution in [-0.2, 0) is 13.0 Å². The Hall–Kier alpha value is -1.85. The van der Waals surface area contributed by atoms with Gasteiger partial charge in [0.2, 0.25) is 0 Å². The van der Waals surface area contributed by atoms with Crippen molar-refractivity contribution in [2.75, 3.05) is 13.1 Å². The number of piperidine rings is 1. The molecule has 23 heavy (non-hydrogen) atoms. The molecule has 6 heteroatoms. The lowest BCUT2D eigenvalue weighted by molar-refractivity contribution is 0.0717. The van der Waals surface area contributed by atoms with Crippen LogP contribution in [0, 0.1) is 0 Å². The van der Waals surface area contributed by atoms with Crippen LogP contribution in [0.5, 0.6) is 0 Å². The minimum Gasteiger partial charge on any atom is -0.347 e. The Kier molecular flexibility index (Phi) is 3.83. The lowest BCUT2D eigenvalue weighted by Gasteiger charge is -2.26. The van der Waals surface area contributed by atoms with E-state index in [1.165, 1.54) is 6.42 Å². The van der Waals surface area contributed by atoms with Gasteiger partial charge >= 0.3 is 0 Å². The van der Waals surface area contributed by atoms with E-state index in [2.05, 4.69) is 10.3 Å². The van der Waals surface area contributed by atoms with Crippen molar-refractivity contribution in [1.29, 1.82) is 0 Å². The molecule has 2 aliphatic heterocycles. The molecule has 1 aromatic rings. The number of nitrogens with one attached hydrogen (secondary N) is 1. The summed E-state index contributed by atoms with van der Waals surface area (Å²) in [5.74, 6) is 0.334. The zero-order valence-electron chi connectivity index (χ0n) is 13.5. The molecule has 3 heterocycles. The lowest BCUT2D eigenvalue weighted by Crippen LogP contribution is -2.36. The second kappa shape index (κ2) is 5.98. The molecule has 2 amide bonds. The monoisotopic (exact) mass is 316 g/mol. The van der Waals surface area contributed by atoms with Crippen LogP contribution in [0.4, 0.5) is 0 Å². The molecule has 124 valence electrons. The molecule has 2 fully saturated rings.